The number of hydrazone groups is 1. The molecule has 6 nitrogen and oxygen atoms in total. The van der Waals surface area contributed by atoms with Crippen LogP contribution in [-0.2, 0) is 4.79 Å². The maximum Gasteiger partial charge on any atom is 0.280 e. The van der Waals surface area contributed by atoms with Crippen molar-refractivity contribution in [1.29, 1.82) is 0 Å². The largest absolute Gasteiger partial charge is 0.504 e. The van der Waals surface area contributed by atoms with Crippen LogP contribution in [0.3, 0.4) is 0 Å². The van der Waals surface area contributed by atoms with Crippen LogP contribution in [0, 0.1) is 0 Å². The second kappa shape index (κ2) is 9.08. The van der Waals surface area contributed by atoms with Crippen LogP contribution in [0.5, 0.6) is 17.2 Å². The fourth-order valence-corrected chi connectivity index (χ4v) is 2.32. The van der Waals surface area contributed by atoms with E-state index in [-0.39, 0.29) is 11.7 Å². The highest BCUT2D eigenvalue weighted by molar-refractivity contribution is 9.10. The van der Waals surface area contributed by atoms with Crippen LogP contribution in [0.4, 0.5) is 0 Å². The molecular weight excluding hydrogens is 388 g/mol. The van der Waals surface area contributed by atoms with Gasteiger partial charge in [0, 0.05) is 4.47 Å². The average Bonchev–Trinajstić information content (AvgIpc) is 2.58. The molecule has 0 radical (unpaired) electrons. The summed E-state index contributed by atoms with van der Waals surface area (Å²) in [6.45, 7) is 3.90. The molecule has 1 atom stereocenters. The standard InChI is InChI=1S/C18H19BrN2O4/c1-3-24-17-9-13(7-8-16(17)22)11-20-21-18(23)12(2)25-15-6-4-5-14(19)10-15/h4-12,22H,3H2,1-2H3,(H,21,23). The number of carbonyl (C=O) groups is 1. The molecule has 0 spiro atoms. The van der Waals surface area contributed by atoms with Gasteiger partial charge >= 0.3 is 0 Å². The van der Waals surface area contributed by atoms with E-state index >= 15 is 0 Å². The van der Waals surface area contributed by atoms with E-state index in [2.05, 4.69) is 26.5 Å². The van der Waals surface area contributed by atoms with Gasteiger partial charge in [-0.15, -0.1) is 0 Å². The van der Waals surface area contributed by atoms with E-state index in [0.717, 1.165) is 4.47 Å². The van der Waals surface area contributed by atoms with Gasteiger partial charge in [-0.25, -0.2) is 5.43 Å². The molecule has 0 aromatic heterocycles. The van der Waals surface area contributed by atoms with E-state index in [1.54, 1.807) is 31.2 Å². The van der Waals surface area contributed by atoms with Gasteiger partial charge in [-0.2, -0.15) is 5.10 Å². The van der Waals surface area contributed by atoms with Gasteiger partial charge in [-0.1, -0.05) is 22.0 Å². The highest BCUT2D eigenvalue weighted by atomic mass is 79.9. The number of benzene rings is 2. The maximum atomic E-state index is 12.0. The minimum atomic E-state index is -0.703. The van der Waals surface area contributed by atoms with Crippen molar-refractivity contribution in [1.82, 2.24) is 5.43 Å². The molecule has 7 heteroatoms. The van der Waals surface area contributed by atoms with Crippen molar-refractivity contribution in [2.75, 3.05) is 6.61 Å². The second-order valence-corrected chi connectivity index (χ2v) is 6.03. The smallest absolute Gasteiger partial charge is 0.280 e. The third-order valence-electron chi connectivity index (χ3n) is 3.15. The zero-order valence-corrected chi connectivity index (χ0v) is 15.5. The normalized spacial score (nSPS) is 12.0. The predicted octanol–water partition coefficient (Wildman–Crippen LogP) is 3.47. The Morgan fingerprint density at radius 3 is 2.88 bits per heavy atom. The molecule has 2 N–H and O–H groups in total. The zero-order chi connectivity index (χ0) is 18.2. The Bertz CT molecular complexity index is 764. The van der Waals surface area contributed by atoms with Crippen molar-refractivity contribution in [3.63, 3.8) is 0 Å². The van der Waals surface area contributed by atoms with Crippen LogP contribution >= 0.6 is 15.9 Å². The van der Waals surface area contributed by atoms with Crippen molar-refractivity contribution in [2.45, 2.75) is 20.0 Å². The highest BCUT2D eigenvalue weighted by Gasteiger charge is 2.14. The molecule has 2 aromatic carbocycles. The molecule has 2 rings (SSSR count). The van der Waals surface area contributed by atoms with Crippen molar-refractivity contribution in [3.8, 4) is 17.2 Å². The van der Waals surface area contributed by atoms with E-state index < -0.39 is 6.10 Å². The minimum absolute atomic E-state index is 0.0547. The summed E-state index contributed by atoms with van der Waals surface area (Å²) in [5.41, 5.74) is 3.10. The predicted molar refractivity (Wildman–Crippen MR) is 99.2 cm³/mol. The summed E-state index contributed by atoms with van der Waals surface area (Å²) in [6.07, 6.45) is 0.761. The first kappa shape index (κ1) is 18.8. The van der Waals surface area contributed by atoms with Crippen molar-refractivity contribution < 1.29 is 19.4 Å². The van der Waals surface area contributed by atoms with Crippen LogP contribution in [0.25, 0.3) is 0 Å². The second-order valence-electron chi connectivity index (χ2n) is 5.11. The summed E-state index contributed by atoms with van der Waals surface area (Å²) in [4.78, 5) is 12.0. The number of rotatable bonds is 7. The lowest BCUT2D eigenvalue weighted by molar-refractivity contribution is -0.127. The molecule has 0 bridgehead atoms. The number of nitrogens with zero attached hydrogens (tertiary/aromatic N) is 1. The number of nitrogens with one attached hydrogen (secondary N) is 1. The fraction of sp³-hybridized carbons (Fsp3) is 0.222. The van der Waals surface area contributed by atoms with E-state index in [0.29, 0.717) is 23.7 Å². The van der Waals surface area contributed by atoms with Gasteiger partial charge in [-0.05, 0) is 55.8 Å². The van der Waals surface area contributed by atoms with Crippen molar-refractivity contribution >= 4 is 28.1 Å². The average molecular weight is 407 g/mol. The summed E-state index contributed by atoms with van der Waals surface area (Å²) in [5, 5.41) is 13.6. The topological polar surface area (TPSA) is 80.2 Å². The van der Waals surface area contributed by atoms with Crippen LogP contribution in [0.15, 0.2) is 52.0 Å². The summed E-state index contributed by atoms with van der Waals surface area (Å²) in [5.74, 6) is 0.629. The van der Waals surface area contributed by atoms with Crippen LogP contribution in [0.1, 0.15) is 19.4 Å². The number of halogens is 1. The number of amides is 1. The van der Waals surface area contributed by atoms with Gasteiger partial charge in [0.2, 0.25) is 0 Å². The lowest BCUT2D eigenvalue weighted by atomic mass is 10.2. The number of ether oxygens (including phenoxy) is 2. The Morgan fingerprint density at radius 2 is 2.16 bits per heavy atom. The molecule has 0 aliphatic heterocycles. The van der Waals surface area contributed by atoms with E-state index in [1.807, 2.05) is 19.1 Å². The molecule has 132 valence electrons. The Balaban J connectivity index is 1.92. The molecule has 0 heterocycles. The lowest BCUT2D eigenvalue weighted by Crippen LogP contribution is -2.33. The Morgan fingerprint density at radius 1 is 1.36 bits per heavy atom. The minimum Gasteiger partial charge on any atom is -0.504 e. The SMILES string of the molecule is CCOc1cc(C=NNC(=O)C(C)Oc2cccc(Br)c2)ccc1O. The summed E-state index contributed by atoms with van der Waals surface area (Å²) < 4.78 is 11.7. The molecule has 0 fully saturated rings. The summed E-state index contributed by atoms with van der Waals surface area (Å²) >= 11 is 3.35. The van der Waals surface area contributed by atoms with Gasteiger partial charge in [0.05, 0.1) is 12.8 Å². The molecule has 0 aliphatic carbocycles. The molecule has 1 amide bonds. The molecular formula is C18H19BrN2O4. The van der Waals surface area contributed by atoms with E-state index in [9.17, 15) is 9.90 Å². The Hall–Kier alpha value is -2.54. The third-order valence-corrected chi connectivity index (χ3v) is 3.64. The number of aromatic hydroxyl groups is 1. The molecule has 2 aromatic rings. The molecule has 25 heavy (non-hydrogen) atoms. The first-order valence-corrected chi connectivity index (χ1v) is 8.50. The lowest BCUT2D eigenvalue weighted by Gasteiger charge is -2.13. The van der Waals surface area contributed by atoms with Crippen molar-refractivity contribution in [2.24, 2.45) is 5.10 Å². The number of hydrogen-bond donors (Lipinski definition) is 2. The zero-order valence-electron chi connectivity index (χ0n) is 13.9. The molecule has 0 aliphatic rings. The maximum absolute atomic E-state index is 12.0. The monoisotopic (exact) mass is 406 g/mol. The molecule has 0 saturated carbocycles. The van der Waals surface area contributed by atoms with Gasteiger partial charge in [0.15, 0.2) is 17.6 Å². The first-order chi connectivity index (χ1) is 12.0. The quantitative estimate of drug-likeness (QED) is 0.544. The Kier molecular flexibility index (Phi) is 6.82. The highest BCUT2D eigenvalue weighted by Crippen LogP contribution is 2.26. The number of phenols is 1. The van der Waals surface area contributed by atoms with E-state index in [4.69, 9.17) is 9.47 Å². The third kappa shape index (κ3) is 5.79. The van der Waals surface area contributed by atoms with Gasteiger partial charge in [0.1, 0.15) is 5.75 Å². The summed E-state index contributed by atoms with van der Waals surface area (Å²) in [7, 11) is 0. The van der Waals surface area contributed by atoms with Crippen molar-refractivity contribution in [3.05, 3.63) is 52.5 Å². The first-order valence-electron chi connectivity index (χ1n) is 7.70. The molecule has 1 unspecified atom stereocenters. The molecule has 0 saturated heterocycles. The van der Waals surface area contributed by atoms with Gasteiger partial charge in [0.25, 0.3) is 5.91 Å². The van der Waals surface area contributed by atoms with Gasteiger partial charge < -0.3 is 14.6 Å². The summed E-state index contributed by atoms with van der Waals surface area (Å²) in [6, 6.07) is 12.0. The van der Waals surface area contributed by atoms with E-state index in [1.165, 1.54) is 12.3 Å². The number of phenolic OH excluding ortho intramolecular Hbond substituents is 1. The Labute approximate surface area is 154 Å². The number of hydrogen-bond acceptors (Lipinski definition) is 5. The van der Waals surface area contributed by atoms with Crippen LogP contribution < -0.4 is 14.9 Å². The fourth-order valence-electron chi connectivity index (χ4n) is 1.94. The van der Waals surface area contributed by atoms with Crippen LogP contribution in [0.2, 0.25) is 0 Å². The number of carbonyl (C=O) groups excluding carboxylic acids is 1. The van der Waals surface area contributed by atoms with Crippen LogP contribution in [-0.4, -0.2) is 29.9 Å². The van der Waals surface area contributed by atoms with Gasteiger partial charge in [-0.3, -0.25) is 4.79 Å².